The Kier molecular flexibility index (Phi) is 2.10. The number of fused-ring (bicyclic) bond motifs is 5. The van der Waals surface area contributed by atoms with Crippen LogP contribution in [0.2, 0.25) is 0 Å². The van der Waals surface area contributed by atoms with Crippen molar-refractivity contribution in [1.82, 2.24) is 15.5 Å². The lowest BCUT2D eigenvalue weighted by Gasteiger charge is -2.04. The SMILES string of the molecule is CNCCc1nnc(C2C3C4CCC(C4)C23)o1. The van der Waals surface area contributed by atoms with Crippen molar-refractivity contribution >= 4 is 0 Å². The summed E-state index contributed by atoms with van der Waals surface area (Å²) in [5.74, 6) is 6.09. The summed E-state index contributed by atoms with van der Waals surface area (Å²) in [6.45, 7) is 0.907. The van der Waals surface area contributed by atoms with E-state index in [9.17, 15) is 0 Å². The van der Waals surface area contributed by atoms with Gasteiger partial charge in [-0.2, -0.15) is 0 Å². The lowest BCUT2D eigenvalue weighted by atomic mass is 10.0. The molecule has 0 amide bonds. The van der Waals surface area contributed by atoms with Crippen molar-refractivity contribution in [3.8, 4) is 0 Å². The molecule has 2 bridgehead atoms. The Labute approximate surface area is 101 Å². The van der Waals surface area contributed by atoms with E-state index in [1.54, 1.807) is 0 Å². The van der Waals surface area contributed by atoms with Crippen LogP contribution >= 0.6 is 0 Å². The average Bonchev–Trinajstić information content (AvgIpc) is 2.78. The first kappa shape index (κ1) is 10.1. The van der Waals surface area contributed by atoms with Gasteiger partial charge in [0, 0.05) is 18.9 Å². The smallest absolute Gasteiger partial charge is 0.220 e. The lowest BCUT2D eigenvalue weighted by Crippen LogP contribution is -2.10. The molecular formula is C13H19N3O. The maximum absolute atomic E-state index is 5.81. The molecule has 17 heavy (non-hydrogen) atoms. The van der Waals surface area contributed by atoms with Gasteiger partial charge in [0.15, 0.2) is 0 Å². The van der Waals surface area contributed by atoms with Crippen molar-refractivity contribution < 1.29 is 4.42 Å². The molecule has 4 heteroatoms. The second-order valence-electron chi connectivity index (χ2n) is 5.90. The van der Waals surface area contributed by atoms with E-state index in [4.69, 9.17) is 4.42 Å². The highest BCUT2D eigenvalue weighted by Gasteiger charge is 2.67. The molecule has 3 aliphatic carbocycles. The molecule has 4 atom stereocenters. The fourth-order valence-electron chi connectivity index (χ4n) is 4.39. The van der Waals surface area contributed by atoms with Gasteiger partial charge < -0.3 is 9.73 Å². The van der Waals surface area contributed by atoms with E-state index in [1.807, 2.05) is 7.05 Å². The predicted molar refractivity (Wildman–Crippen MR) is 62.5 cm³/mol. The van der Waals surface area contributed by atoms with Crippen molar-refractivity contribution in [2.45, 2.75) is 31.6 Å². The highest BCUT2D eigenvalue weighted by molar-refractivity contribution is 5.22. The summed E-state index contributed by atoms with van der Waals surface area (Å²) >= 11 is 0. The number of nitrogens with one attached hydrogen (secondary N) is 1. The summed E-state index contributed by atoms with van der Waals surface area (Å²) in [6.07, 6.45) is 5.22. The Balaban J connectivity index is 1.48. The van der Waals surface area contributed by atoms with Gasteiger partial charge in [0.1, 0.15) is 0 Å². The summed E-state index contributed by atoms with van der Waals surface area (Å²) < 4.78 is 5.81. The van der Waals surface area contributed by atoms with Crippen molar-refractivity contribution in [1.29, 1.82) is 0 Å². The van der Waals surface area contributed by atoms with Crippen molar-refractivity contribution in [3.63, 3.8) is 0 Å². The van der Waals surface area contributed by atoms with Crippen LogP contribution in [0.5, 0.6) is 0 Å². The van der Waals surface area contributed by atoms with E-state index in [0.29, 0.717) is 5.92 Å². The Morgan fingerprint density at radius 3 is 2.71 bits per heavy atom. The summed E-state index contributed by atoms with van der Waals surface area (Å²) in [5.41, 5.74) is 0. The van der Waals surface area contributed by atoms with Gasteiger partial charge in [-0.15, -0.1) is 10.2 Å². The van der Waals surface area contributed by atoms with Gasteiger partial charge in [0.25, 0.3) is 0 Å². The van der Waals surface area contributed by atoms with Gasteiger partial charge in [-0.1, -0.05) is 0 Å². The maximum Gasteiger partial charge on any atom is 0.220 e. The number of hydrogen-bond acceptors (Lipinski definition) is 4. The molecule has 3 aliphatic rings. The van der Waals surface area contributed by atoms with E-state index < -0.39 is 0 Å². The number of nitrogens with zero attached hydrogens (tertiary/aromatic N) is 2. The first-order valence-electron chi connectivity index (χ1n) is 6.85. The molecule has 1 heterocycles. The minimum absolute atomic E-state index is 0.622. The van der Waals surface area contributed by atoms with Gasteiger partial charge in [-0.25, -0.2) is 0 Å². The highest BCUT2D eigenvalue weighted by atomic mass is 16.4. The van der Waals surface area contributed by atoms with Gasteiger partial charge in [-0.05, 0) is 50.0 Å². The summed E-state index contributed by atoms with van der Waals surface area (Å²) in [4.78, 5) is 0. The van der Waals surface area contributed by atoms with Crippen molar-refractivity contribution in [2.75, 3.05) is 13.6 Å². The Morgan fingerprint density at radius 2 is 2.00 bits per heavy atom. The largest absolute Gasteiger partial charge is 0.425 e. The van der Waals surface area contributed by atoms with E-state index >= 15 is 0 Å². The molecule has 0 spiro atoms. The number of hydrogen-bond donors (Lipinski definition) is 1. The Hall–Kier alpha value is -0.900. The molecule has 3 saturated carbocycles. The minimum atomic E-state index is 0.622. The molecule has 1 aromatic rings. The fourth-order valence-corrected chi connectivity index (χ4v) is 4.39. The van der Waals surface area contributed by atoms with Crippen LogP contribution in [0, 0.1) is 23.7 Å². The molecule has 4 nitrogen and oxygen atoms in total. The van der Waals surface area contributed by atoms with Gasteiger partial charge >= 0.3 is 0 Å². The molecule has 92 valence electrons. The molecular weight excluding hydrogens is 214 g/mol. The second-order valence-corrected chi connectivity index (χ2v) is 5.90. The zero-order chi connectivity index (χ0) is 11.4. The highest BCUT2D eigenvalue weighted by Crippen LogP contribution is 2.72. The standard InChI is InChI=1S/C13H19N3O/c1-14-5-4-9-15-16-13(17-9)12-10-7-2-3-8(6-7)11(10)12/h7-8,10-12,14H,2-6H2,1H3. The third-order valence-electron chi connectivity index (χ3n) is 5.09. The summed E-state index contributed by atoms with van der Waals surface area (Å²) in [6, 6.07) is 0. The van der Waals surface area contributed by atoms with Crippen molar-refractivity contribution in [2.24, 2.45) is 23.7 Å². The van der Waals surface area contributed by atoms with Crippen LogP contribution in [-0.2, 0) is 6.42 Å². The van der Waals surface area contributed by atoms with Crippen LogP contribution in [0.1, 0.15) is 37.0 Å². The van der Waals surface area contributed by atoms with Crippen molar-refractivity contribution in [3.05, 3.63) is 11.8 Å². The quantitative estimate of drug-likeness (QED) is 0.858. The topological polar surface area (TPSA) is 51.0 Å². The minimum Gasteiger partial charge on any atom is -0.425 e. The monoisotopic (exact) mass is 233 g/mol. The van der Waals surface area contributed by atoms with E-state index in [-0.39, 0.29) is 0 Å². The van der Waals surface area contributed by atoms with Gasteiger partial charge in [0.05, 0.1) is 0 Å². The Morgan fingerprint density at radius 1 is 1.24 bits per heavy atom. The molecule has 0 aromatic carbocycles. The second kappa shape index (κ2) is 3.55. The molecule has 0 aliphatic heterocycles. The first-order valence-corrected chi connectivity index (χ1v) is 6.85. The third-order valence-corrected chi connectivity index (χ3v) is 5.09. The third kappa shape index (κ3) is 1.39. The Bertz CT molecular complexity index is 414. The number of likely N-dealkylation sites (N-methyl/N-ethyl adjacent to an activating group) is 1. The maximum atomic E-state index is 5.81. The average molecular weight is 233 g/mol. The van der Waals surface area contributed by atoms with Crippen LogP contribution < -0.4 is 5.32 Å². The molecule has 0 radical (unpaired) electrons. The normalized spacial score (nSPS) is 41.8. The predicted octanol–water partition coefficient (Wildman–Crippen LogP) is 1.59. The molecule has 1 N–H and O–H groups in total. The lowest BCUT2D eigenvalue weighted by molar-refractivity contribution is 0.408. The van der Waals surface area contributed by atoms with Crippen LogP contribution in [0.3, 0.4) is 0 Å². The zero-order valence-electron chi connectivity index (χ0n) is 10.2. The van der Waals surface area contributed by atoms with Crippen LogP contribution in [0.4, 0.5) is 0 Å². The van der Waals surface area contributed by atoms with Crippen LogP contribution in [0.25, 0.3) is 0 Å². The molecule has 4 unspecified atom stereocenters. The molecule has 3 fully saturated rings. The first-order chi connectivity index (χ1) is 8.38. The number of aromatic nitrogens is 2. The van der Waals surface area contributed by atoms with E-state index in [1.165, 1.54) is 19.3 Å². The van der Waals surface area contributed by atoms with E-state index in [0.717, 1.165) is 48.4 Å². The molecule has 0 saturated heterocycles. The number of rotatable bonds is 4. The van der Waals surface area contributed by atoms with Gasteiger partial charge in [0.2, 0.25) is 11.8 Å². The van der Waals surface area contributed by atoms with Crippen LogP contribution in [0.15, 0.2) is 4.42 Å². The summed E-state index contributed by atoms with van der Waals surface area (Å²) in [7, 11) is 1.94. The fraction of sp³-hybridized carbons (Fsp3) is 0.846. The van der Waals surface area contributed by atoms with Crippen LogP contribution in [-0.4, -0.2) is 23.8 Å². The zero-order valence-corrected chi connectivity index (χ0v) is 10.2. The molecule has 4 rings (SSSR count). The van der Waals surface area contributed by atoms with E-state index in [2.05, 4.69) is 15.5 Å². The summed E-state index contributed by atoms with van der Waals surface area (Å²) in [5, 5.41) is 11.5. The molecule has 1 aromatic heterocycles. The van der Waals surface area contributed by atoms with Gasteiger partial charge in [-0.3, -0.25) is 0 Å².